The molecular weight excluding hydrogens is 320 g/mol. The molecule has 0 aliphatic heterocycles. The maximum absolute atomic E-state index is 9.37. The highest BCUT2D eigenvalue weighted by Crippen LogP contribution is 2.27. The van der Waals surface area contributed by atoms with E-state index in [1.165, 1.54) is 5.56 Å². The molecule has 0 atom stereocenters. The highest BCUT2D eigenvalue weighted by Gasteiger charge is 2.07. The summed E-state index contributed by atoms with van der Waals surface area (Å²) in [7, 11) is 0. The van der Waals surface area contributed by atoms with Crippen LogP contribution in [0.2, 0.25) is 0 Å². The first-order chi connectivity index (χ1) is 12.7. The molecule has 0 saturated carbocycles. The van der Waals surface area contributed by atoms with E-state index in [1.807, 2.05) is 48.5 Å². The first-order valence-electron chi connectivity index (χ1n) is 8.38. The van der Waals surface area contributed by atoms with Crippen molar-refractivity contribution < 1.29 is 4.74 Å². The largest absolute Gasteiger partial charge is 0.439 e. The summed E-state index contributed by atoms with van der Waals surface area (Å²) in [5, 5.41) is 10.2. The Morgan fingerprint density at radius 1 is 0.846 bits per heavy atom. The van der Waals surface area contributed by atoms with Crippen molar-refractivity contribution in [2.45, 2.75) is 6.92 Å². The Balaban J connectivity index is 1.62. The molecule has 4 aromatic rings. The topological polar surface area (TPSA) is 45.9 Å². The van der Waals surface area contributed by atoms with Gasteiger partial charge in [0.05, 0.1) is 11.1 Å². The second kappa shape index (κ2) is 6.70. The van der Waals surface area contributed by atoms with E-state index >= 15 is 0 Å². The first-order valence-corrected chi connectivity index (χ1v) is 8.38. The Morgan fingerprint density at radius 2 is 1.50 bits per heavy atom. The molecule has 124 valence electrons. The molecule has 0 saturated heterocycles. The van der Waals surface area contributed by atoms with E-state index in [9.17, 15) is 5.26 Å². The van der Waals surface area contributed by atoms with Gasteiger partial charge in [-0.25, -0.2) is 4.98 Å². The number of pyridine rings is 1. The van der Waals surface area contributed by atoms with Gasteiger partial charge in [0.2, 0.25) is 5.88 Å². The average Bonchev–Trinajstić information content (AvgIpc) is 2.68. The maximum Gasteiger partial charge on any atom is 0.221 e. The van der Waals surface area contributed by atoms with Gasteiger partial charge in [-0.1, -0.05) is 60.2 Å². The predicted molar refractivity (Wildman–Crippen MR) is 103 cm³/mol. The Labute approximate surface area is 152 Å². The minimum absolute atomic E-state index is 0.420. The first kappa shape index (κ1) is 15.9. The summed E-state index contributed by atoms with van der Waals surface area (Å²) >= 11 is 0. The number of benzene rings is 3. The Hall–Kier alpha value is -3.64. The van der Waals surface area contributed by atoms with Gasteiger partial charge in [0.15, 0.2) is 0 Å². The van der Waals surface area contributed by atoms with Gasteiger partial charge in [-0.05, 0) is 36.2 Å². The Kier molecular flexibility index (Phi) is 4.09. The van der Waals surface area contributed by atoms with Crippen LogP contribution < -0.4 is 4.74 Å². The standard InChI is InChI=1S/C23H16N2O/c1-16-6-8-17(9-7-16)18-10-12-20(13-11-18)26-23-14-19(15-24)21-4-2-3-5-22(21)25-23/h2-14H,1H3. The molecule has 0 amide bonds. The van der Waals surface area contributed by atoms with Crippen molar-refractivity contribution in [2.24, 2.45) is 0 Å². The summed E-state index contributed by atoms with van der Waals surface area (Å²) < 4.78 is 5.88. The zero-order valence-corrected chi connectivity index (χ0v) is 14.3. The van der Waals surface area contributed by atoms with Gasteiger partial charge in [-0.15, -0.1) is 0 Å². The van der Waals surface area contributed by atoms with Crippen LogP contribution in [0.4, 0.5) is 0 Å². The average molecular weight is 336 g/mol. The monoisotopic (exact) mass is 336 g/mol. The summed E-state index contributed by atoms with van der Waals surface area (Å²) in [6.45, 7) is 2.08. The summed E-state index contributed by atoms with van der Waals surface area (Å²) in [6.07, 6.45) is 0. The van der Waals surface area contributed by atoms with Crippen molar-refractivity contribution in [3.63, 3.8) is 0 Å². The number of aromatic nitrogens is 1. The molecular formula is C23H16N2O. The molecule has 0 bridgehead atoms. The second-order valence-corrected chi connectivity index (χ2v) is 6.13. The lowest BCUT2D eigenvalue weighted by Gasteiger charge is -2.08. The van der Waals surface area contributed by atoms with Crippen LogP contribution in [0.1, 0.15) is 11.1 Å². The summed E-state index contributed by atoms with van der Waals surface area (Å²) in [4.78, 5) is 4.50. The van der Waals surface area contributed by atoms with Crippen molar-refractivity contribution in [1.82, 2.24) is 4.98 Å². The number of hydrogen-bond acceptors (Lipinski definition) is 3. The van der Waals surface area contributed by atoms with Crippen LogP contribution in [0.15, 0.2) is 78.9 Å². The van der Waals surface area contributed by atoms with E-state index in [0.717, 1.165) is 22.0 Å². The smallest absolute Gasteiger partial charge is 0.221 e. The highest BCUT2D eigenvalue weighted by atomic mass is 16.5. The molecule has 0 radical (unpaired) electrons. The Bertz CT molecular complexity index is 1110. The van der Waals surface area contributed by atoms with Crippen molar-refractivity contribution in [3.8, 4) is 28.8 Å². The molecule has 1 aromatic heterocycles. The van der Waals surface area contributed by atoms with Crippen molar-refractivity contribution in [1.29, 1.82) is 5.26 Å². The number of nitrogens with zero attached hydrogens (tertiary/aromatic N) is 2. The van der Waals surface area contributed by atoms with Crippen molar-refractivity contribution >= 4 is 10.9 Å². The lowest BCUT2D eigenvalue weighted by Crippen LogP contribution is -1.91. The fourth-order valence-electron chi connectivity index (χ4n) is 2.88. The molecule has 3 heteroatoms. The van der Waals surface area contributed by atoms with Gasteiger partial charge in [0.1, 0.15) is 11.8 Å². The number of nitriles is 1. The summed E-state index contributed by atoms with van der Waals surface area (Å²) in [5.74, 6) is 1.11. The molecule has 0 unspecified atom stereocenters. The van der Waals surface area contributed by atoms with E-state index in [2.05, 4.69) is 42.2 Å². The van der Waals surface area contributed by atoms with Crippen LogP contribution in [0.25, 0.3) is 22.0 Å². The SMILES string of the molecule is Cc1ccc(-c2ccc(Oc3cc(C#N)c4ccccc4n3)cc2)cc1. The number of aryl methyl sites for hydroxylation is 1. The molecule has 26 heavy (non-hydrogen) atoms. The van der Waals surface area contributed by atoms with E-state index in [-0.39, 0.29) is 0 Å². The molecule has 0 N–H and O–H groups in total. The molecule has 0 spiro atoms. The summed E-state index contributed by atoms with van der Waals surface area (Å²) in [6, 6.07) is 27.7. The predicted octanol–water partition coefficient (Wildman–Crippen LogP) is 5.87. The zero-order valence-electron chi connectivity index (χ0n) is 14.3. The van der Waals surface area contributed by atoms with Gasteiger partial charge in [-0.3, -0.25) is 0 Å². The van der Waals surface area contributed by atoms with E-state index < -0.39 is 0 Å². The second-order valence-electron chi connectivity index (χ2n) is 6.13. The minimum atomic E-state index is 0.420. The molecule has 1 heterocycles. The number of rotatable bonds is 3. The summed E-state index contributed by atoms with van der Waals surface area (Å²) in [5.41, 5.74) is 4.84. The fraction of sp³-hybridized carbons (Fsp3) is 0.0435. The molecule has 0 aliphatic rings. The number of para-hydroxylation sites is 1. The van der Waals surface area contributed by atoms with Gasteiger partial charge >= 0.3 is 0 Å². The molecule has 0 aliphatic carbocycles. The van der Waals surface area contributed by atoms with Gasteiger partial charge in [-0.2, -0.15) is 5.26 Å². The normalized spacial score (nSPS) is 10.5. The number of fused-ring (bicyclic) bond motifs is 1. The quantitative estimate of drug-likeness (QED) is 0.470. The van der Waals surface area contributed by atoms with Crippen LogP contribution in [0.3, 0.4) is 0 Å². The maximum atomic E-state index is 9.37. The van der Waals surface area contributed by atoms with E-state index in [0.29, 0.717) is 17.2 Å². The molecule has 3 nitrogen and oxygen atoms in total. The third kappa shape index (κ3) is 3.13. The number of hydrogen-bond donors (Lipinski definition) is 0. The van der Waals surface area contributed by atoms with Crippen LogP contribution in [-0.4, -0.2) is 4.98 Å². The molecule has 3 aromatic carbocycles. The van der Waals surface area contributed by atoms with Gasteiger partial charge in [0, 0.05) is 11.5 Å². The van der Waals surface area contributed by atoms with E-state index in [1.54, 1.807) is 6.07 Å². The molecule has 4 rings (SSSR count). The highest BCUT2D eigenvalue weighted by molar-refractivity contribution is 5.85. The van der Waals surface area contributed by atoms with Crippen LogP contribution in [0.5, 0.6) is 11.6 Å². The van der Waals surface area contributed by atoms with Crippen LogP contribution in [0, 0.1) is 18.3 Å². The fourth-order valence-corrected chi connectivity index (χ4v) is 2.88. The minimum Gasteiger partial charge on any atom is -0.439 e. The van der Waals surface area contributed by atoms with Crippen molar-refractivity contribution in [2.75, 3.05) is 0 Å². The zero-order chi connectivity index (χ0) is 17.9. The van der Waals surface area contributed by atoms with E-state index in [4.69, 9.17) is 4.74 Å². The number of ether oxygens (including phenoxy) is 1. The van der Waals surface area contributed by atoms with Gasteiger partial charge in [0.25, 0.3) is 0 Å². The van der Waals surface area contributed by atoms with Gasteiger partial charge < -0.3 is 4.74 Å². The lowest BCUT2D eigenvalue weighted by atomic mass is 10.0. The van der Waals surface area contributed by atoms with Crippen LogP contribution >= 0.6 is 0 Å². The van der Waals surface area contributed by atoms with Crippen molar-refractivity contribution in [3.05, 3.63) is 90.0 Å². The Morgan fingerprint density at radius 3 is 2.19 bits per heavy atom. The lowest BCUT2D eigenvalue weighted by molar-refractivity contribution is 0.465. The third-order valence-electron chi connectivity index (χ3n) is 4.27. The van der Waals surface area contributed by atoms with Crippen LogP contribution in [-0.2, 0) is 0 Å². The third-order valence-corrected chi connectivity index (χ3v) is 4.27. The molecule has 0 fully saturated rings.